The van der Waals surface area contributed by atoms with Crippen LogP contribution in [-0.2, 0) is 11.2 Å². The second-order valence-electron chi connectivity index (χ2n) is 6.49. The maximum Gasteiger partial charge on any atom is 0.332 e. The lowest BCUT2D eigenvalue weighted by Gasteiger charge is -2.11. The average Bonchev–Trinajstić information content (AvgIpc) is 3.11. The SMILES string of the molecule is COc1ccc(SC2=C(C(=O)O)CCC2=CCCc2ccccc2)cc1OC. The van der Waals surface area contributed by atoms with Crippen LogP contribution in [0.4, 0.5) is 0 Å². The summed E-state index contributed by atoms with van der Waals surface area (Å²) in [5.41, 5.74) is 2.90. The van der Waals surface area contributed by atoms with E-state index in [0.29, 0.717) is 23.5 Å². The second kappa shape index (κ2) is 9.51. The highest BCUT2D eigenvalue weighted by Gasteiger charge is 2.25. The van der Waals surface area contributed by atoms with Crippen molar-refractivity contribution >= 4 is 17.7 Å². The second-order valence-corrected chi connectivity index (χ2v) is 7.57. The number of ether oxygens (including phenoxy) is 2. The zero-order chi connectivity index (χ0) is 19.9. The zero-order valence-corrected chi connectivity index (χ0v) is 16.9. The lowest BCUT2D eigenvalue weighted by molar-refractivity contribution is -0.132. The Labute approximate surface area is 169 Å². The molecule has 0 amide bonds. The van der Waals surface area contributed by atoms with E-state index in [1.807, 2.05) is 36.4 Å². The van der Waals surface area contributed by atoms with Crippen LogP contribution in [0.25, 0.3) is 0 Å². The number of thioether (sulfide) groups is 1. The summed E-state index contributed by atoms with van der Waals surface area (Å²) in [7, 11) is 3.19. The number of carbonyl (C=O) groups is 1. The van der Waals surface area contributed by atoms with Gasteiger partial charge >= 0.3 is 5.97 Å². The molecule has 1 aliphatic rings. The molecule has 0 atom stereocenters. The van der Waals surface area contributed by atoms with Crippen LogP contribution in [0.2, 0.25) is 0 Å². The molecule has 2 aromatic rings. The van der Waals surface area contributed by atoms with E-state index < -0.39 is 5.97 Å². The predicted molar refractivity (Wildman–Crippen MR) is 112 cm³/mol. The highest BCUT2D eigenvalue weighted by Crippen LogP contribution is 2.44. The number of methoxy groups -OCH3 is 2. The number of rotatable bonds is 8. The van der Waals surface area contributed by atoms with E-state index in [9.17, 15) is 9.90 Å². The van der Waals surface area contributed by atoms with E-state index in [-0.39, 0.29) is 0 Å². The van der Waals surface area contributed by atoms with E-state index >= 15 is 0 Å². The highest BCUT2D eigenvalue weighted by molar-refractivity contribution is 8.03. The molecule has 0 spiro atoms. The van der Waals surface area contributed by atoms with Gasteiger partial charge in [-0.15, -0.1) is 0 Å². The third-order valence-corrected chi connectivity index (χ3v) is 5.91. The number of aryl methyl sites for hydroxylation is 1. The lowest BCUT2D eigenvalue weighted by Crippen LogP contribution is -1.99. The van der Waals surface area contributed by atoms with Gasteiger partial charge in [-0.1, -0.05) is 48.2 Å². The maximum atomic E-state index is 11.7. The molecule has 0 saturated heterocycles. The highest BCUT2D eigenvalue weighted by atomic mass is 32.2. The number of carboxylic acid groups (broad SMARTS) is 1. The number of aliphatic carboxylic acids is 1. The van der Waals surface area contributed by atoms with E-state index in [4.69, 9.17) is 9.47 Å². The molecule has 4 nitrogen and oxygen atoms in total. The molecule has 3 rings (SSSR count). The molecule has 0 bridgehead atoms. The van der Waals surface area contributed by atoms with Crippen LogP contribution in [-0.4, -0.2) is 25.3 Å². The normalized spacial score (nSPS) is 15.1. The quantitative estimate of drug-likeness (QED) is 0.640. The van der Waals surface area contributed by atoms with Crippen molar-refractivity contribution in [1.29, 1.82) is 0 Å². The van der Waals surface area contributed by atoms with E-state index in [1.165, 1.54) is 17.3 Å². The summed E-state index contributed by atoms with van der Waals surface area (Å²) in [6.07, 6.45) is 5.36. The summed E-state index contributed by atoms with van der Waals surface area (Å²) in [4.78, 5) is 13.5. The van der Waals surface area contributed by atoms with Gasteiger partial charge in [-0.25, -0.2) is 4.79 Å². The van der Waals surface area contributed by atoms with Gasteiger partial charge in [0.15, 0.2) is 11.5 Å². The van der Waals surface area contributed by atoms with Crippen molar-refractivity contribution in [2.45, 2.75) is 30.6 Å². The fourth-order valence-corrected chi connectivity index (χ4v) is 4.43. The molecule has 1 N–H and O–H groups in total. The molecule has 2 aromatic carbocycles. The fourth-order valence-electron chi connectivity index (χ4n) is 3.26. The van der Waals surface area contributed by atoms with Crippen LogP contribution in [0.15, 0.2) is 75.6 Å². The van der Waals surface area contributed by atoms with Gasteiger partial charge in [-0.05, 0) is 55.0 Å². The number of hydrogen-bond donors (Lipinski definition) is 1. The van der Waals surface area contributed by atoms with Gasteiger partial charge in [-0.3, -0.25) is 0 Å². The number of benzene rings is 2. The van der Waals surface area contributed by atoms with Crippen LogP contribution in [0.3, 0.4) is 0 Å². The van der Waals surface area contributed by atoms with E-state index in [0.717, 1.165) is 34.6 Å². The van der Waals surface area contributed by atoms with Gasteiger partial charge in [0.05, 0.1) is 19.8 Å². The van der Waals surface area contributed by atoms with Crippen LogP contribution in [0.5, 0.6) is 11.5 Å². The fraction of sp³-hybridized carbons (Fsp3) is 0.261. The van der Waals surface area contributed by atoms with Crippen LogP contribution in [0.1, 0.15) is 24.8 Å². The first kappa shape index (κ1) is 20.1. The summed E-state index contributed by atoms with van der Waals surface area (Å²) in [5.74, 6) is 0.455. The minimum Gasteiger partial charge on any atom is -0.493 e. The van der Waals surface area contributed by atoms with Crippen molar-refractivity contribution in [1.82, 2.24) is 0 Å². The lowest BCUT2D eigenvalue weighted by atomic mass is 10.1. The molecule has 0 fully saturated rings. The molecule has 0 aromatic heterocycles. The molecular formula is C23H24O4S. The van der Waals surface area contributed by atoms with Gasteiger partial charge in [0.1, 0.15) is 0 Å². The van der Waals surface area contributed by atoms with E-state index in [1.54, 1.807) is 14.2 Å². The van der Waals surface area contributed by atoms with Gasteiger partial charge < -0.3 is 14.6 Å². The Morgan fingerprint density at radius 3 is 2.50 bits per heavy atom. The third-order valence-electron chi connectivity index (χ3n) is 4.71. The van der Waals surface area contributed by atoms with E-state index in [2.05, 4.69) is 18.2 Å². The Morgan fingerprint density at radius 1 is 1.07 bits per heavy atom. The zero-order valence-electron chi connectivity index (χ0n) is 16.1. The molecule has 0 radical (unpaired) electrons. The summed E-state index contributed by atoms with van der Waals surface area (Å²) >= 11 is 1.49. The monoisotopic (exact) mass is 396 g/mol. The van der Waals surface area contributed by atoms with Crippen molar-refractivity contribution in [3.05, 3.63) is 76.2 Å². The molecule has 0 unspecified atom stereocenters. The molecule has 0 aliphatic heterocycles. The first-order valence-electron chi connectivity index (χ1n) is 9.22. The minimum absolute atomic E-state index is 0.491. The first-order chi connectivity index (χ1) is 13.6. The Bertz CT molecular complexity index is 900. The molecule has 1 aliphatic carbocycles. The molecule has 0 heterocycles. The van der Waals surface area contributed by atoms with Crippen LogP contribution >= 0.6 is 11.8 Å². The van der Waals surface area contributed by atoms with Gasteiger partial charge in [-0.2, -0.15) is 0 Å². The standard InChI is InChI=1S/C23H24O4S/c1-26-20-14-12-18(15-21(20)27-2)28-22-17(11-13-19(22)23(24)25)10-6-9-16-7-4-3-5-8-16/h3-5,7-8,10,12,14-15H,6,9,11,13H2,1-2H3,(H,24,25). The van der Waals surface area contributed by atoms with Crippen molar-refractivity contribution in [3.63, 3.8) is 0 Å². The van der Waals surface area contributed by atoms with Crippen LogP contribution < -0.4 is 9.47 Å². The Kier molecular flexibility index (Phi) is 6.82. The Balaban J connectivity index is 1.81. The summed E-state index contributed by atoms with van der Waals surface area (Å²) in [5, 5.41) is 9.62. The summed E-state index contributed by atoms with van der Waals surface area (Å²) < 4.78 is 10.7. The number of allylic oxidation sites excluding steroid dienone is 2. The Morgan fingerprint density at radius 2 is 1.82 bits per heavy atom. The van der Waals surface area contributed by atoms with Crippen molar-refractivity contribution in [3.8, 4) is 11.5 Å². The van der Waals surface area contributed by atoms with Gasteiger partial charge in [0, 0.05) is 9.80 Å². The molecule has 5 heteroatoms. The van der Waals surface area contributed by atoms with Crippen molar-refractivity contribution in [2.75, 3.05) is 14.2 Å². The van der Waals surface area contributed by atoms with Gasteiger partial charge in [0.2, 0.25) is 0 Å². The molecule has 146 valence electrons. The largest absolute Gasteiger partial charge is 0.493 e. The van der Waals surface area contributed by atoms with Crippen molar-refractivity contribution in [2.24, 2.45) is 0 Å². The van der Waals surface area contributed by atoms with Crippen molar-refractivity contribution < 1.29 is 19.4 Å². The number of carboxylic acids is 1. The molecule has 0 saturated carbocycles. The first-order valence-corrected chi connectivity index (χ1v) is 10.0. The number of hydrogen-bond acceptors (Lipinski definition) is 4. The minimum atomic E-state index is -0.838. The average molecular weight is 397 g/mol. The maximum absolute atomic E-state index is 11.7. The third kappa shape index (κ3) is 4.78. The molecular weight excluding hydrogens is 372 g/mol. The molecule has 28 heavy (non-hydrogen) atoms. The predicted octanol–water partition coefficient (Wildman–Crippen LogP) is 5.49. The summed E-state index contributed by atoms with van der Waals surface area (Å²) in [6.45, 7) is 0. The smallest absolute Gasteiger partial charge is 0.332 e. The topological polar surface area (TPSA) is 55.8 Å². The summed E-state index contributed by atoms with van der Waals surface area (Å²) in [6, 6.07) is 16.0. The van der Waals surface area contributed by atoms with Gasteiger partial charge in [0.25, 0.3) is 0 Å². The Hall–Kier alpha value is -2.66. The van der Waals surface area contributed by atoms with Crippen LogP contribution in [0, 0.1) is 0 Å².